The molecule has 3 aromatic rings. The highest BCUT2D eigenvalue weighted by Crippen LogP contribution is 2.30. The van der Waals surface area contributed by atoms with E-state index in [1.54, 1.807) is 25.3 Å². The molecule has 1 atom stereocenters. The molecule has 1 aliphatic heterocycles. The summed E-state index contributed by atoms with van der Waals surface area (Å²) < 4.78 is 28.4. The van der Waals surface area contributed by atoms with Crippen LogP contribution in [0.25, 0.3) is 11.1 Å². The third-order valence-corrected chi connectivity index (χ3v) is 4.88. The van der Waals surface area contributed by atoms with Gasteiger partial charge in [-0.15, -0.1) is 0 Å². The summed E-state index contributed by atoms with van der Waals surface area (Å²) in [5.41, 5.74) is 2.97. The van der Waals surface area contributed by atoms with Gasteiger partial charge in [-0.05, 0) is 43.2 Å². The van der Waals surface area contributed by atoms with Gasteiger partial charge < -0.3 is 5.32 Å². The Morgan fingerprint density at radius 2 is 1.96 bits per heavy atom. The molecule has 0 aliphatic carbocycles. The number of nitrogens with one attached hydrogen (secondary N) is 1. The number of rotatable bonds is 3. The summed E-state index contributed by atoms with van der Waals surface area (Å²) in [5.74, 6) is -0.735. The van der Waals surface area contributed by atoms with Crippen LogP contribution >= 0.6 is 0 Å². The minimum Gasteiger partial charge on any atom is -0.310 e. The molecule has 27 heavy (non-hydrogen) atoms. The maximum Gasteiger partial charge on any atom is 0.229 e. The van der Waals surface area contributed by atoms with Crippen molar-refractivity contribution in [3.63, 3.8) is 0 Å². The van der Waals surface area contributed by atoms with Crippen LogP contribution in [0, 0.1) is 24.5 Å². The highest BCUT2D eigenvalue weighted by molar-refractivity contribution is 5.92. The maximum absolute atomic E-state index is 13.3. The second-order valence-electron chi connectivity index (χ2n) is 6.68. The quantitative estimate of drug-likeness (QED) is 0.766. The number of hydrogen-bond acceptors (Lipinski definition) is 3. The second-order valence-corrected chi connectivity index (χ2v) is 6.68. The van der Waals surface area contributed by atoms with Crippen LogP contribution in [-0.2, 0) is 17.8 Å². The Morgan fingerprint density at radius 1 is 1.19 bits per heavy atom. The number of carbonyl (C=O) groups is 1. The number of nitrogens with zero attached hydrogens (tertiary/aromatic N) is 3. The van der Waals surface area contributed by atoms with Gasteiger partial charge >= 0.3 is 0 Å². The van der Waals surface area contributed by atoms with Crippen LogP contribution < -0.4 is 5.32 Å². The molecule has 0 bridgehead atoms. The van der Waals surface area contributed by atoms with E-state index in [2.05, 4.69) is 15.4 Å². The van der Waals surface area contributed by atoms with E-state index in [0.29, 0.717) is 25.2 Å². The Hall–Kier alpha value is -3.09. The largest absolute Gasteiger partial charge is 0.310 e. The molecular formula is C20H18F2N4O. The summed E-state index contributed by atoms with van der Waals surface area (Å²) >= 11 is 0. The Kier molecular flexibility index (Phi) is 4.43. The topological polar surface area (TPSA) is 59.8 Å². The molecular weight excluding hydrogens is 350 g/mol. The molecule has 1 aromatic carbocycles. The van der Waals surface area contributed by atoms with Crippen molar-refractivity contribution in [2.75, 3.05) is 5.32 Å². The number of hydrogen-bond donors (Lipinski definition) is 1. The molecule has 5 nitrogen and oxygen atoms in total. The van der Waals surface area contributed by atoms with Gasteiger partial charge in [0.05, 0.1) is 11.9 Å². The van der Waals surface area contributed by atoms with Crippen LogP contribution in [0.2, 0.25) is 0 Å². The standard InChI is InChI=1S/C20H18F2N4O/c1-12-17(22)6-7-19(24-12)25-20(27)14-8-9-26-18(10-14)16(11-23-26)13-2-4-15(21)5-3-13/h2-7,11,14H,8-10H2,1H3,(H,24,25,27). The first-order chi connectivity index (χ1) is 13.0. The van der Waals surface area contributed by atoms with E-state index < -0.39 is 5.82 Å². The fourth-order valence-corrected chi connectivity index (χ4v) is 3.37. The summed E-state index contributed by atoms with van der Waals surface area (Å²) in [5, 5.41) is 7.17. The number of fused-ring (bicyclic) bond motifs is 1. The zero-order valence-corrected chi connectivity index (χ0v) is 14.7. The van der Waals surface area contributed by atoms with Gasteiger partial charge in [-0.25, -0.2) is 13.8 Å². The molecule has 0 saturated carbocycles. The lowest BCUT2D eigenvalue weighted by Gasteiger charge is -2.23. The van der Waals surface area contributed by atoms with Gasteiger partial charge in [0.1, 0.15) is 17.5 Å². The molecule has 7 heteroatoms. The van der Waals surface area contributed by atoms with Gasteiger partial charge in [-0.2, -0.15) is 5.10 Å². The van der Waals surface area contributed by atoms with Crippen molar-refractivity contribution in [3.05, 3.63) is 65.6 Å². The zero-order valence-electron chi connectivity index (χ0n) is 14.7. The summed E-state index contributed by atoms with van der Waals surface area (Å²) in [6.45, 7) is 2.18. The van der Waals surface area contributed by atoms with Crippen molar-refractivity contribution in [1.29, 1.82) is 0 Å². The lowest BCUT2D eigenvalue weighted by atomic mass is 9.92. The van der Waals surface area contributed by atoms with E-state index in [1.807, 2.05) is 4.68 Å². The fraction of sp³-hybridized carbons (Fsp3) is 0.250. The van der Waals surface area contributed by atoms with E-state index >= 15 is 0 Å². The molecule has 0 saturated heterocycles. The smallest absolute Gasteiger partial charge is 0.229 e. The van der Waals surface area contributed by atoms with Crippen LogP contribution in [0.1, 0.15) is 17.8 Å². The van der Waals surface area contributed by atoms with Gasteiger partial charge in [0, 0.05) is 30.1 Å². The van der Waals surface area contributed by atoms with Crippen LogP contribution in [0.15, 0.2) is 42.6 Å². The Balaban J connectivity index is 1.53. The molecule has 0 spiro atoms. The van der Waals surface area contributed by atoms with E-state index in [9.17, 15) is 13.6 Å². The van der Waals surface area contributed by atoms with Crippen LogP contribution in [-0.4, -0.2) is 20.7 Å². The minimum absolute atomic E-state index is 0.147. The van der Waals surface area contributed by atoms with Crippen molar-refractivity contribution in [1.82, 2.24) is 14.8 Å². The van der Waals surface area contributed by atoms with E-state index in [4.69, 9.17) is 0 Å². The van der Waals surface area contributed by atoms with Crippen molar-refractivity contribution in [2.45, 2.75) is 26.3 Å². The number of carbonyl (C=O) groups excluding carboxylic acids is 1. The summed E-state index contributed by atoms with van der Waals surface area (Å²) in [6, 6.07) is 8.99. The minimum atomic E-state index is -0.404. The van der Waals surface area contributed by atoms with Gasteiger partial charge in [0.15, 0.2) is 0 Å². The van der Waals surface area contributed by atoms with Gasteiger partial charge in [-0.1, -0.05) is 12.1 Å². The Labute approximate surface area is 155 Å². The first-order valence-corrected chi connectivity index (χ1v) is 8.76. The zero-order chi connectivity index (χ0) is 19.0. The summed E-state index contributed by atoms with van der Waals surface area (Å²) in [4.78, 5) is 16.7. The average molecular weight is 368 g/mol. The summed E-state index contributed by atoms with van der Waals surface area (Å²) in [7, 11) is 0. The molecule has 1 unspecified atom stereocenters. The molecule has 1 aliphatic rings. The monoisotopic (exact) mass is 368 g/mol. The Morgan fingerprint density at radius 3 is 2.70 bits per heavy atom. The number of pyridine rings is 1. The number of amides is 1. The van der Waals surface area contributed by atoms with Crippen molar-refractivity contribution >= 4 is 11.7 Å². The first kappa shape index (κ1) is 17.3. The lowest BCUT2D eigenvalue weighted by Crippen LogP contribution is -2.31. The van der Waals surface area contributed by atoms with Gasteiger partial charge in [0.2, 0.25) is 5.91 Å². The van der Waals surface area contributed by atoms with E-state index in [-0.39, 0.29) is 23.3 Å². The molecule has 138 valence electrons. The maximum atomic E-state index is 13.3. The highest BCUT2D eigenvalue weighted by Gasteiger charge is 2.28. The van der Waals surface area contributed by atoms with Crippen LogP contribution in [0.4, 0.5) is 14.6 Å². The number of anilines is 1. The van der Waals surface area contributed by atoms with Crippen molar-refractivity contribution < 1.29 is 13.6 Å². The third-order valence-electron chi connectivity index (χ3n) is 4.88. The second kappa shape index (κ2) is 6.90. The molecule has 0 fully saturated rings. The average Bonchev–Trinajstić information content (AvgIpc) is 3.08. The predicted octanol–water partition coefficient (Wildman–Crippen LogP) is 3.73. The molecule has 0 radical (unpaired) electrons. The molecule has 1 N–H and O–H groups in total. The normalized spacial score (nSPS) is 16.0. The number of benzene rings is 1. The van der Waals surface area contributed by atoms with Gasteiger partial charge in [0.25, 0.3) is 0 Å². The predicted molar refractivity (Wildman–Crippen MR) is 97.0 cm³/mol. The summed E-state index contributed by atoms with van der Waals surface area (Å²) in [6.07, 6.45) is 2.94. The van der Waals surface area contributed by atoms with Crippen LogP contribution in [0.3, 0.4) is 0 Å². The van der Waals surface area contributed by atoms with Crippen molar-refractivity contribution in [3.8, 4) is 11.1 Å². The molecule has 4 rings (SSSR count). The third kappa shape index (κ3) is 3.45. The highest BCUT2D eigenvalue weighted by atomic mass is 19.1. The number of aryl methyl sites for hydroxylation is 2. The molecule has 2 aromatic heterocycles. The van der Waals surface area contributed by atoms with Crippen molar-refractivity contribution in [2.24, 2.45) is 5.92 Å². The fourth-order valence-electron chi connectivity index (χ4n) is 3.37. The first-order valence-electron chi connectivity index (χ1n) is 8.76. The van der Waals surface area contributed by atoms with E-state index in [0.717, 1.165) is 16.8 Å². The number of halogens is 2. The SMILES string of the molecule is Cc1nc(NC(=O)C2CCn3ncc(-c4ccc(F)cc4)c3C2)ccc1F. The molecule has 1 amide bonds. The Bertz CT molecular complexity index is 998. The van der Waals surface area contributed by atoms with E-state index in [1.165, 1.54) is 24.3 Å². The number of aromatic nitrogens is 3. The molecule has 3 heterocycles. The lowest BCUT2D eigenvalue weighted by molar-refractivity contribution is -0.120. The van der Waals surface area contributed by atoms with Gasteiger partial charge in [-0.3, -0.25) is 9.48 Å². The van der Waals surface area contributed by atoms with Crippen LogP contribution in [0.5, 0.6) is 0 Å².